The number of nitrogens with zero attached hydrogens (tertiary/aromatic N) is 1. The van der Waals surface area contributed by atoms with Crippen LogP contribution < -0.4 is 5.32 Å². The molecule has 6 heteroatoms. The Morgan fingerprint density at radius 1 is 1.29 bits per heavy atom. The van der Waals surface area contributed by atoms with Crippen molar-refractivity contribution in [3.63, 3.8) is 0 Å². The molecule has 1 heterocycles. The third kappa shape index (κ3) is 5.07. The largest absolute Gasteiger partial charge is 0.314 e. The van der Waals surface area contributed by atoms with Crippen LogP contribution in [0.3, 0.4) is 0 Å². The predicted octanol–water partition coefficient (Wildman–Crippen LogP) is 4.42. The van der Waals surface area contributed by atoms with Gasteiger partial charge in [0, 0.05) is 32.2 Å². The SMILES string of the molecule is CCC(C)[C@@H](c1cccc(F)c1Br)N1CCNCC1.Cl.Cl. The first-order valence-corrected chi connectivity index (χ1v) is 7.83. The maximum atomic E-state index is 13.8. The molecule has 0 amide bonds. The molecular weight excluding hydrogens is 378 g/mol. The Morgan fingerprint density at radius 2 is 1.90 bits per heavy atom. The first-order valence-electron chi connectivity index (χ1n) is 7.03. The van der Waals surface area contributed by atoms with Crippen LogP contribution in [0.4, 0.5) is 4.39 Å². The summed E-state index contributed by atoms with van der Waals surface area (Å²) in [6.45, 7) is 8.53. The van der Waals surface area contributed by atoms with E-state index < -0.39 is 0 Å². The zero-order chi connectivity index (χ0) is 13.8. The number of hydrogen-bond donors (Lipinski definition) is 1. The molecule has 0 bridgehead atoms. The van der Waals surface area contributed by atoms with Crippen LogP contribution in [-0.2, 0) is 0 Å². The maximum Gasteiger partial charge on any atom is 0.137 e. The van der Waals surface area contributed by atoms with Gasteiger partial charge in [0.2, 0.25) is 0 Å². The quantitative estimate of drug-likeness (QED) is 0.802. The highest BCUT2D eigenvalue weighted by Crippen LogP contribution is 2.36. The molecule has 1 saturated heterocycles. The van der Waals surface area contributed by atoms with Gasteiger partial charge in [-0.15, -0.1) is 24.8 Å². The fourth-order valence-electron chi connectivity index (χ4n) is 2.80. The summed E-state index contributed by atoms with van der Waals surface area (Å²) in [5.41, 5.74) is 1.08. The van der Waals surface area contributed by atoms with Gasteiger partial charge < -0.3 is 5.32 Å². The minimum Gasteiger partial charge on any atom is -0.314 e. The van der Waals surface area contributed by atoms with Crippen molar-refractivity contribution in [2.45, 2.75) is 26.3 Å². The van der Waals surface area contributed by atoms with Gasteiger partial charge in [-0.25, -0.2) is 4.39 Å². The lowest BCUT2D eigenvalue weighted by Crippen LogP contribution is -2.46. The van der Waals surface area contributed by atoms with Crippen molar-refractivity contribution in [3.05, 3.63) is 34.1 Å². The number of hydrogen-bond acceptors (Lipinski definition) is 2. The Morgan fingerprint density at radius 3 is 2.48 bits per heavy atom. The van der Waals surface area contributed by atoms with E-state index in [1.54, 1.807) is 0 Å². The van der Waals surface area contributed by atoms with Crippen molar-refractivity contribution < 1.29 is 4.39 Å². The highest BCUT2D eigenvalue weighted by atomic mass is 79.9. The Hall–Kier alpha value is 0.130. The summed E-state index contributed by atoms with van der Waals surface area (Å²) in [5.74, 6) is 0.345. The molecule has 2 nitrogen and oxygen atoms in total. The van der Waals surface area contributed by atoms with Gasteiger partial charge >= 0.3 is 0 Å². The number of piperazine rings is 1. The molecule has 0 radical (unpaired) electrons. The monoisotopic (exact) mass is 400 g/mol. The minimum absolute atomic E-state index is 0. The van der Waals surface area contributed by atoms with E-state index in [4.69, 9.17) is 0 Å². The van der Waals surface area contributed by atoms with Crippen LogP contribution in [0.25, 0.3) is 0 Å². The van der Waals surface area contributed by atoms with Gasteiger partial charge in [0.15, 0.2) is 0 Å². The molecule has 1 N–H and O–H groups in total. The Bertz CT molecular complexity index is 428. The highest BCUT2D eigenvalue weighted by molar-refractivity contribution is 9.10. The van der Waals surface area contributed by atoms with E-state index in [-0.39, 0.29) is 36.7 Å². The summed E-state index contributed by atoms with van der Waals surface area (Å²) in [5, 5.41) is 3.38. The van der Waals surface area contributed by atoms with Gasteiger partial charge in [-0.3, -0.25) is 4.90 Å². The third-order valence-corrected chi connectivity index (χ3v) is 4.86. The zero-order valence-corrected chi connectivity index (χ0v) is 15.7. The van der Waals surface area contributed by atoms with Crippen LogP contribution in [0.1, 0.15) is 31.9 Å². The molecule has 1 fully saturated rings. The van der Waals surface area contributed by atoms with E-state index in [1.807, 2.05) is 12.1 Å². The topological polar surface area (TPSA) is 15.3 Å². The first-order chi connectivity index (χ1) is 9.15. The Labute approximate surface area is 147 Å². The summed E-state index contributed by atoms with van der Waals surface area (Å²) in [4.78, 5) is 2.48. The molecule has 122 valence electrons. The summed E-state index contributed by atoms with van der Waals surface area (Å²) >= 11 is 3.43. The Balaban J connectivity index is 0.00000200. The highest BCUT2D eigenvalue weighted by Gasteiger charge is 2.28. The molecule has 2 rings (SSSR count). The lowest BCUT2D eigenvalue weighted by molar-refractivity contribution is 0.128. The maximum absolute atomic E-state index is 13.8. The van der Waals surface area contributed by atoms with Crippen molar-refractivity contribution in [1.82, 2.24) is 10.2 Å². The minimum atomic E-state index is -0.166. The predicted molar refractivity (Wildman–Crippen MR) is 95.2 cm³/mol. The molecule has 0 spiro atoms. The van der Waals surface area contributed by atoms with Crippen molar-refractivity contribution in [2.75, 3.05) is 26.2 Å². The van der Waals surface area contributed by atoms with Crippen LogP contribution in [-0.4, -0.2) is 31.1 Å². The second-order valence-corrected chi connectivity index (χ2v) is 6.05. The molecule has 0 aliphatic carbocycles. The average Bonchev–Trinajstić information content (AvgIpc) is 2.44. The van der Waals surface area contributed by atoms with Crippen LogP contribution in [0.5, 0.6) is 0 Å². The Kier molecular flexibility index (Phi) is 10.1. The van der Waals surface area contributed by atoms with Gasteiger partial charge in [-0.2, -0.15) is 0 Å². The van der Waals surface area contributed by atoms with Crippen LogP contribution >= 0.6 is 40.7 Å². The van der Waals surface area contributed by atoms with Crippen molar-refractivity contribution in [1.29, 1.82) is 0 Å². The molecule has 21 heavy (non-hydrogen) atoms. The zero-order valence-electron chi connectivity index (χ0n) is 12.4. The van der Waals surface area contributed by atoms with E-state index in [0.29, 0.717) is 10.4 Å². The van der Waals surface area contributed by atoms with E-state index in [0.717, 1.165) is 38.2 Å². The summed E-state index contributed by atoms with van der Waals surface area (Å²) < 4.78 is 14.4. The molecule has 1 aliphatic rings. The lowest BCUT2D eigenvalue weighted by atomic mass is 9.90. The van der Waals surface area contributed by atoms with Crippen molar-refractivity contribution >= 4 is 40.7 Å². The van der Waals surface area contributed by atoms with Crippen LogP contribution in [0.2, 0.25) is 0 Å². The van der Waals surface area contributed by atoms with Crippen LogP contribution in [0.15, 0.2) is 22.7 Å². The number of benzene rings is 1. The molecule has 0 saturated carbocycles. The normalized spacial score (nSPS) is 18.3. The third-order valence-electron chi connectivity index (χ3n) is 4.03. The van der Waals surface area contributed by atoms with E-state index in [1.165, 1.54) is 6.07 Å². The van der Waals surface area contributed by atoms with E-state index in [9.17, 15) is 4.39 Å². The number of nitrogens with one attached hydrogen (secondary N) is 1. The summed E-state index contributed by atoms with van der Waals surface area (Å²) in [7, 11) is 0. The number of rotatable bonds is 4. The van der Waals surface area contributed by atoms with E-state index >= 15 is 0 Å². The molecular formula is C15H24BrCl2FN2. The van der Waals surface area contributed by atoms with Gasteiger partial charge in [0.1, 0.15) is 5.82 Å². The number of halogens is 4. The second-order valence-electron chi connectivity index (χ2n) is 5.26. The van der Waals surface area contributed by atoms with Crippen molar-refractivity contribution in [2.24, 2.45) is 5.92 Å². The van der Waals surface area contributed by atoms with Gasteiger partial charge in [0.25, 0.3) is 0 Å². The molecule has 1 aromatic rings. The molecule has 1 aliphatic heterocycles. The van der Waals surface area contributed by atoms with Gasteiger partial charge in [0.05, 0.1) is 4.47 Å². The average molecular weight is 402 g/mol. The fourth-order valence-corrected chi connectivity index (χ4v) is 3.29. The molecule has 0 aromatic heterocycles. The molecule has 1 unspecified atom stereocenters. The standard InChI is InChI=1S/C15H22BrFN2.2ClH/c1-3-11(2)15(19-9-7-18-8-10-19)12-5-4-6-13(17)14(12)16;;/h4-6,11,15,18H,3,7-10H2,1-2H3;2*1H/t11?,15-;;/m0../s1. The molecule has 2 atom stereocenters. The van der Waals surface area contributed by atoms with Crippen molar-refractivity contribution in [3.8, 4) is 0 Å². The van der Waals surface area contributed by atoms with Crippen LogP contribution in [0, 0.1) is 11.7 Å². The van der Waals surface area contributed by atoms with Gasteiger partial charge in [-0.05, 0) is 33.5 Å². The lowest BCUT2D eigenvalue weighted by Gasteiger charge is -2.39. The second kappa shape index (κ2) is 10.0. The summed E-state index contributed by atoms with van der Waals surface area (Å²) in [6.07, 6.45) is 1.09. The first kappa shape index (κ1) is 21.1. The molecule has 1 aromatic carbocycles. The van der Waals surface area contributed by atoms with E-state index in [2.05, 4.69) is 40.0 Å². The smallest absolute Gasteiger partial charge is 0.137 e. The fraction of sp³-hybridized carbons (Fsp3) is 0.600. The summed E-state index contributed by atoms with van der Waals surface area (Å²) in [6, 6.07) is 5.66. The van der Waals surface area contributed by atoms with Gasteiger partial charge in [-0.1, -0.05) is 32.4 Å².